The fourth-order valence-corrected chi connectivity index (χ4v) is 3.06. The fourth-order valence-electron chi connectivity index (χ4n) is 2.83. The zero-order chi connectivity index (χ0) is 21.2. The molecule has 3 rings (SSSR count). The lowest BCUT2D eigenvalue weighted by atomic mass is 10.1. The summed E-state index contributed by atoms with van der Waals surface area (Å²) >= 11 is 6.36. The summed E-state index contributed by atoms with van der Waals surface area (Å²) in [5.74, 6) is 1.33. The number of hydrogen-bond donors (Lipinski definition) is 1. The van der Waals surface area contributed by atoms with Crippen molar-refractivity contribution in [3.63, 3.8) is 0 Å². The molecule has 7 heteroatoms. The van der Waals surface area contributed by atoms with Crippen molar-refractivity contribution in [3.8, 4) is 17.2 Å². The first-order chi connectivity index (χ1) is 13.7. The minimum absolute atomic E-state index is 0.0882. The van der Waals surface area contributed by atoms with E-state index in [0.717, 1.165) is 5.39 Å². The van der Waals surface area contributed by atoms with Gasteiger partial charge < -0.3 is 19.9 Å². The van der Waals surface area contributed by atoms with Crippen LogP contribution in [-0.2, 0) is 16.0 Å². The molecule has 0 aliphatic heterocycles. The number of fused-ring (bicyclic) bond motifs is 1. The Morgan fingerprint density at radius 3 is 2.55 bits per heavy atom. The van der Waals surface area contributed by atoms with Gasteiger partial charge >= 0.3 is 5.97 Å². The van der Waals surface area contributed by atoms with Crippen molar-refractivity contribution < 1.29 is 19.0 Å². The van der Waals surface area contributed by atoms with Crippen molar-refractivity contribution in [3.05, 3.63) is 53.2 Å². The van der Waals surface area contributed by atoms with Gasteiger partial charge in [0.25, 0.3) is 0 Å². The number of benzene rings is 2. The highest BCUT2D eigenvalue weighted by Crippen LogP contribution is 2.35. The molecule has 29 heavy (non-hydrogen) atoms. The number of methoxy groups -OCH3 is 1. The molecule has 3 aromatic rings. The highest BCUT2D eigenvalue weighted by atomic mass is 35.5. The molecule has 0 saturated carbocycles. The number of pyridine rings is 1. The molecule has 0 radical (unpaired) electrons. The standard InChI is InChI=1S/C22H23ClN2O4/c1-22(2,3)29-21(26)9-13-5-6-14(10-16(13)23)28-19-7-8-25-18-12-20(27-4)17(24)11-15(18)19/h5-8,10-12H,9,24H2,1-4H3. The second kappa shape index (κ2) is 8.17. The minimum atomic E-state index is -0.542. The van der Waals surface area contributed by atoms with Crippen LogP contribution in [0.25, 0.3) is 10.9 Å². The summed E-state index contributed by atoms with van der Waals surface area (Å²) in [5.41, 5.74) is 7.33. The summed E-state index contributed by atoms with van der Waals surface area (Å²) in [6, 6.07) is 10.4. The number of halogens is 1. The second-order valence-electron chi connectivity index (χ2n) is 7.54. The average molecular weight is 415 g/mol. The highest BCUT2D eigenvalue weighted by Gasteiger charge is 2.18. The van der Waals surface area contributed by atoms with Gasteiger partial charge in [0.05, 0.1) is 24.7 Å². The van der Waals surface area contributed by atoms with Gasteiger partial charge in [-0.25, -0.2) is 0 Å². The molecule has 0 spiro atoms. The Morgan fingerprint density at radius 2 is 1.90 bits per heavy atom. The van der Waals surface area contributed by atoms with Crippen molar-refractivity contribution in [2.45, 2.75) is 32.8 Å². The van der Waals surface area contributed by atoms with Gasteiger partial charge in [0.15, 0.2) is 0 Å². The van der Waals surface area contributed by atoms with E-state index in [4.69, 9.17) is 31.5 Å². The van der Waals surface area contributed by atoms with Crippen molar-refractivity contribution in [2.75, 3.05) is 12.8 Å². The van der Waals surface area contributed by atoms with Crippen molar-refractivity contribution >= 4 is 34.2 Å². The van der Waals surface area contributed by atoms with E-state index in [9.17, 15) is 4.79 Å². The van der Waals surface area contributed by atoms with Gasteiger partial charge in [-0.2, -0.15) is 0 Å². The number of nitrogen functional groups attached to an aromatic ring is 1. The molecular formula is C22H23ClN2O4. The lowest BCUT2D eigenvalue weighted by Crippen LogP contribution is -2.24. The molecule has 2 N–H and O–H groups in total. The van der Waals surface area contributed by atoms with Crippen LogP contribution in [0.5, 0.6) is 17.2 Å². The first-order valence-electron chi connectivity index (χ1n) is 9.06. The lowest BCUT2D eigenvalue weighted by Gasteiger charge is -2.19. The molecular weight excluding hydrogens is 392 g/mol. The number of nitrogens with two attached hydrogens (primary N) is 1. The monoisotopic (exact) mass is 414 g/mol. The molecule has 0 fully saturated rings. The summed E-state index contributed by atoms with van der Waals surface area (Å²) in [5, 5.41) is 1.17. The zero-order valence-electron chi connectivity index (χ0n) is 16.8. The Kier molecular flexibility index (Phi) is 5.84. The number of esters is 1. The van der Waals surface area contributed by atoms with E-state index in [1.54, 1.807) is 49.7 Å². The van der Waals surface area contributed by atoms with E-state index in [1.165, 1.54) is 0 Å². The number of nitrogens with zero attached hydrogens (tertiary/aromatic N) is 1. The maximum atomic E-state index is 12.0. The number of rotatable bonds is 5. The number of carbonyl (C=O) groups is 1. The number of hydrogen-bond acceptors (Lipinski definition) is 6. The smallest absolute Gasteiger partial charge is 0.310 e. The summed E-state index contributed by atoms with van der Waals surface area (Å²) in [6.07, 6.45) is 1.73. The van der Waals surface area contributed by atoms with Crippen LogP contribution in [0.3, 0.4) is 0 Å². The molecule has 2 aromatic carbocycles. The van der Waals surface area contributed by atoms with Crippen molar-refractivity contribution in [2.24, 2.45) is 0 Å². The van der Waals surface area contributed by atoms with Gasteiger partial charge in [0.2, 0.25) is 0 Å². The van der Waals surface area contributed by atoms with Gasteiger partial charge in [-0.1, -0.05) is 17.7 Å². The van der Waals surface area contributed by atoms with Gasteiger partial charge in [0, 0.05) is 22.7 Å². The van der Waals surface area contributed by atoms with Crippen LogP contribution in [0, 0.1) is 0 Å². The van der Waals surface area contributed by atoms with Gasteiger partial charge in [-0.15, -0.1) is 0 Å². The first-order valence-corrected chi connectivity index (χ1v) is 9.44. The molecule has 0 aliphatic carbocycles. The molecule has 0 saturated heterocycles. The largest absolute Gasteiger partial charge is 0.495 e. The molecule has 0 unspecified atom stereocenters. The number of ether oxygens (including phenoxy) is 3. The van der Waals surface area contributed by atoms with Crippen LogP contribution in [0.4, 0.5) is 5.69 Å². The fraction of sp³-hybridized carbons (Fsp3) is 0.273. The molecule has 0 amide bonds. The van der Waals surface area contributed by atoms with Crippen LogP contribution >= 0.6 is 11.6 Å². The average Bonchev–Trinajstić information content (AvgIpc) is 2.62. The quantitative estimate of drug-likeness (QED) is 0.458. The van der Waals surface area contributed by atoms with E-state index < -0.39 is 5.60 Å². The maximum Gasteiger partial charge on any atom is 0.310 e. The summed E-state index contributed by atoms with van der Waals surface area (Å²) < 4.78 is 16.6. The van der Waals surface area contributed by atoms with E-state index in [1.807, 2.05) is 20.8 Å². The molecule has 0 atom stereocenters. The van der Waals surface area contributed by atoms with Gasteiger partial charge in [-0.3, -0.25) is 9.78 Å². The Balaban J connectivity index is 1.83. The predicted octanol–water partition coefficient (Wildman–Crippen LogP) is 5.16. The lowest BCUT2D eigenvalue weighted by molar-refractivity contribution is -0.153. The number of aromatic nitrogens is 1. The van der Waals surface area contributed by atoms with Crippen LogP contribution in [0.15, 0.2) is 42.6 Å². The van der Waals surface area contributed by atoms with Crippen LogP contribution in [-0.4, -0.2) is 23.7 Å². The molecule has 1 heterocycles. The number of anilines is 1. The molecule has 6 nitrogen and oxygen atoms in total. The van der Waals surface area contributed by atoms with Gasteiger partial charge in [0.1, 0.15) is 22.8 Å². The third-order valence-corrected chi connectivity index (χ3v) is 4.41. The zero-order valence-corrected chi connectivity index (χ0v) is 17.5. The highest BCUT2D eigenvalue weighted by molar-refractivity contribution is 6.31. The minimum Gasteiger partial charge on any atom is -0.495 e. The van der Waals surface area contributed by atoms with E-state index >= 15 is 0 Å². The SMILES string of the molecule is COc1cc2nccc(Oc3ccc(CC(=O)OC(C)(C)C)c(Cl)c3)c2cc1N. The van der Waals surface area contributed by atoms with Crippen molar-refractivity contribution in [1.82, 2.24) is 4.98 Å². The van der Waals surface area contributed by atoms with E-state index in [2.05, 4.69) is 4.98 Å². The molecule has 0 aliphatic rings. The molecule has 0 bridgehead atoms. The third-order valence-electron chi connectivity index (χ3n) is 4.06. The summed E-state index contributed by atoms with van der Waals surface area (Å²) in [7, 11) is 1.55. The summed E-state index contributed by atoms with van der Waals surface area (Å²) in [4.78, 5) is 16.4. The van der Waals surface area contributed by atoms with Crippen LogP contribution < -0.4 is 15.2 Å². The van der Waals surface area contributed by atoms with E-state index in [-0.39, 0.29) is 12.4 Å². The molecule has 1 aromatic heterocycles. The Morgan fingerprint density at radius 1 is 1.14 bits per heavy atom. The van der Waals surface area contributed by atoms with Crippen molar-refractivity contribution in [1.29, 1.82) is 0 Å². The first kappa shape index (κ1) is 20.7. The third kappa shape index (κ3) is 5.09. The van der Waals surface area contributed by atoms with Gasteiger partial charge in [-0.05, 0) is 50.6 Å². The maximum absolute atomic E-state index is 12.0. The van der Waals surface area contributed by atoms with Crippen LogP contribution in [0.2, 0.25) is 5.02 Å². The number of carbonyl (C=O) groups excluding carboxylic acids is 1. The topological polar surface area (TPSA) is 83.7 Å². The Labute approximate surface area is 174 Å². The van der Waals surface area contributed by atoms with Crippen LogP contribution in [0.1, 0.15) is 26.3 Å². The second-order valence-corrected chi connectivity index (χ2v) is 7.95. The normalized spacial score (nSPS) is 11.3. The summed E-state index contributed by atoms with van der Waals surface area (Å²) in [6.45, 7) is 5.47. The Bertz CT molecular complexity index is 1060. The predicted molar refractivity (Wildman–Crippen MR) is 114 cm³/mol. The molecule has 152 valence electrons. The van der Waals surface area contributed by atoms with E-state index in [0.29, 0.717) is 39.0 Å². The Hall–Kier alpha value is -2.99.